The van der Waals surface area contributed by atoms with Crippen LogP contribution in [0.5, 0.6) is 0 Å². The molecule has 2 N–H and O–H groups in total. The van der Waals surface area contributed by atoms with Crippen molar-refractivity contribution in [3.05, 3.63) is 0 Å². The Morgan fingerprint density at radius 3 is 2.71 bits per heavy atom. The van der Waals surface area contributed by atoms with Crippen molar-refractivity contribution in [2.75, 3.05) is 0 Å². The van der Waals surface area contributed by atoms with Crippen LogP contribution in [0.2, 0.25) is 0 Å². The van der Waals surface area contributed by atoms with Gasteiger partial charge in [-0.3, -0.25) is 0 Å². The van der Waals surface area contributed by atoms with Crippen LogP contribution in [-0.4, -0.2) is 11.3 Å². The number of nitrogens with zero attached hydrogens (tertiary/aromatic N) is 1. The van der Waals surface area contributed by atoms with Crippen LogP contribution < -0.4 is 5.73 Å². The molecule has 0 rings (SSSR count). The summed E-state index contributed by atoms with van der Waals surface area (Å²) < 4.78 is 0. The Bertz CT molecular complexity index is 87.7. The van der Waals surface area contributed by atoms with Gasteiger partial charge in [-0.1, -0.05) is 6.92 Å². The van der Waals surface area contributed by atoms with E-state index in [4.69, 9.17) is 5.73 Å². The Morgan fingerprint density at radius 2 is 2.57 bits per heavy atom. The summed E-state index contributed by atoms with van der Waals surface area (Å²) in [4.78, 5) is 3.63. The van der Waals surface area contributed by atoms with E-state index >= 15 is 0 Å². The van der Waals surface area contributed by atoms with Crippen molar-refractivity contribution >= 4 is 23.5 Å². The number of nitrogens with two attached hydrogens (primary N) is 1. The standard InChI is InChI=1S/C4H8N2S/c1-2-3-6-4(5)7/h3H,2H2,1H3,(H2,5,7). The molecule has 0 saturated carbocycles. The summed E-state index contributed by atoms with van der Waals surface area (Å²) in [6.07, 6.45) is 2.57. The summed E-state index contributed by atoms with van der Waals surface area (Å²) in [5.41, 5.74) is 5.01. The molecule has 0 fully saturated rings. The van der Waals surface area contributed by atoms with Gasteiger partial charge in [-0.25, -0.2) is 4.99 Å². The molecule has 0 heterocycles. The number of hydrogen-bond acceptors (Lipinski definition) is 1. The van der Waals surface area contributed by atoms with E-state index in [0.717, 1.165) is 6.42 Å². The van der Waals surface area contributed by atoms with Crippen LogP contribution in [0, 0.1) is 0 Å². The maximum absolute atomic E-state index is 5.01. The fraction of sp³-hybridized carbons (Fsp3) is 0.500. The van der Waals surface area contributed by atoms with Crippen LogP contribution >= 0.6 is 12.2 Å². The van der Waals surface area contributed by atoms with Gasteiger partial charge >= 0.3 is 0 Å². The van der Waals surface area contributed by atoms with Gasteiger partial charge in [0, 0.05) is 6.21 Å². The van der Waals surface area contributed by atoms with E-state index in [1.807, 2.05) is 6.92 Å². The lowest BCUT2D eigenvalue weighted by Crippen LogP contribution is -2.02. The van der Waals surface area contributed by atoms with Crippen molar-refractivity contribution in [2.24, 2.45) is 10.7 Å². The first-order valence-corrected chi connectivity index (χ1v) is 2.50. The fourth-order valence-corrected chi connectivity index (χ4v) is 0.256. The van der Waals surface area contributed by atoms with Gasteiger partial charge in [0.2, 0.25) is 0 Å². The second-order valence-electron chi connectivity index (χ2n) is 1.06. The molecule has 0 bridgehead atoms. The summed E-state index contributed by atoms with van der Waals surface area (Å²) in [6.45, 7) is 1.97. The van der Waals surface area contributed by atoms with Crippen LogP contribution in [0.3, 0.4) is 0 Å². The molecular weight excluding hydrogens is 108 g/mol. The minimum atomic E-state index is 0.210. The van der Waals surface area contributed by atoms with Gasteiger partial charge in [0.1, 0.15) is 0 Å². The average molecular weight is 116 g/mol. The molecule has 2 nitrogen and oxygen atoms in total. The van der Waals surface area contributed by atoms with Gasteiger partial charge < -0.3 is 5.73 Å². The van der Waals surface area contributed by atoms with E-state index in [-0.39, 0.29) is 5.11 Å². The quantitative estimate of drug-likeness (QED) is 0.405. The monoisotopic (exact) mass is 116 g/mol. The molecule has 3 heteroatoms. The van der Waals surface area contributed by atoms with Crippen molar-refractivity contribution in [3.8, 4) is 0 Å². The van der Waals surface area contributed by atoms with Crippen molar-refractivity contribution in [3.63, 3.8) is 0 Å². The van der Waals surface area contributed by atoms with Crippen LogP contribution in [-0.2, 0) is 0 Å². The van der Waals surface area contributed by atoms with Gasteiger partial charge in [0.15, 0.2) is 5.11 Å². The molecule has 0 aliphatic rings. The number of rotatable bonds is 1. The predicted octanol–water partition coefficient (Wildman–Crippen LogP) is 0.711. The predicted molar refractivity (Wildman–Crippen MR) is 35.6 cm³/mol. The molecule has 0 unspecified atom stereocenters. The van der Waals surface area contributed by atoms with Crippen molar-refractivity contribution in [1.29, 1.82) is 0 Å². The SMILES string of the molecule is CCC=NC(N)=S. The summed E-state index contributed by atoms with van der Waals surface area (Å²) in [7, 11) is 0. The molecule has 0 amide bonds. The number of thiocarbonyl (C=S) groups is 1. The zero-order valence-corrected chi connectivity index (χ0v) is 5.03. The molecule has 0 aliphatic heterocycles. The minimum Gasteiger partial charge on any atom is -0.374 e. The Morgan fingerprint density at radius 1 is 2.00 bits per heavy atom. The Kier molecular flexibility index (Phi) is 3.50. The lowest BCUT2D eigenvalue weighted by molar-refractivity contribution is 1.32. The van der Waals surface area contributed by atoms with E-state index in [2.05, 4.69) is 17.2 Å². The van der Waals surface area contributed by atoms with E-state index < -0.39 is 0 Å². The highest BCUT2D eigenvalue weighted by molar-refractivity contribution is 7.80. The molecule has 0 aromatic carbocycles. The Labute approximate surface area is 48.4 Å². The smallest absolute Gasteiger partial charge is 0.189 e. The summed E-state index contributed by atoms with van der Waals surface area (Å²) in [6, 6.07) is 0. The third-order valence-corrected chi connectivity index (χ3v) is 0.507. The number of hydrogen-bond donors (Lipinski definition) is 1. The maximum Gasteiger partial charge on any atom is 0.189 e. The van der Waals surface area contributed by atoms with Crippen LogP contribution in [0.1, 0.15) is 13.3 Å². The molecular formula is C4H8N2S. The second kappa shape index (κ2) is 3.74. The maximum atomic E-state index is 5.01. The lowest BCUT2D eigenvalue weighted by Gasteiger charge is -1.78. The molecule has 0 radical (unpaired) electrons. The Hall–Kier alpha value is -0.440. The number of aliphatic imine (C=N–C) groups is 1. The first-order chi connectivity index (χ1) is 3.27. The largest absolute Gasteiger partial charge is 0.374 e. The third-order valence-electron chi connectivity index (χ3n) is 0.401. The first-order valence-electron chi connectivity index (χ1n) is 2.09. The van der Waals surface area contributed by atoms with Crippen molar-refractivity contribution < 1.29 is 0 Å². The fourth-order valence-electron chi connectivity index (χ4n) is 0.181. The summed E-state index contributed by atoms with van der Waals surface area (Å²) >= 11 is 4.44. The van der Waals surface area contributed by atoms with Gasteiger partial charge in [0.25, 0.3) is 0 Å². The summed E-state index contributed by atoms with van der Waals surface area (Å²) in [5, 5.41) is 0.210. The van der Waals surface area contributed by atoms with E-state index in [1.54, 1.807) is 6.21 Å². The van der Waals surface area contributed by atoms with E-state index in [0.29, 0.717) is 0 Å². The molecule has 0 aliphatic carbocycles. The highest BCUT2D eigenvalue weighted by atomic mass is 32.1. The third kappa shape index (κ3) is 5.56. The van der Waals surface area contributed by atoms with Gasteiger partial charge in [-0.05, 0) is 18.6 Å². The van der Waals surface area contributed by atoms with Crippen LogP contribution in [0.4, 0.5) is 0 Å². The molecule has 0 atom stereocenters. The first kappa shape index (κ1) is 6.56. The summed E-state index contributed by atoms with van der Waals surface area (Å²) in [5.74, 6) is 0. The van der Waals surface area contributed by atoms with E-state index in [9.17, 15) is 0 Å². The second-order valence-corrected chi connectivity index (χ2v) is 1.48. The molecule has 0 aromatic rings. The van der Waals surface area contributed by atoms with Crippen molar-refractivity contribution in [1.82, 2.24) is 0 Å². The minimum absolute atomic E-state index is 0.210. The van der Waals surface area contributed by atoms with Gasteiger partial charge in [0.05, 0.1) is 0 Å². The van der Waals surface area contributed by atoms with Crippen molar-refractivity contribution in [2.45, 2.75) is 13.3 Å². The van der Waals surface area contributed by atoms with Gasteiger partial charge in [-0.15, -0.1) is 0 Å². The van der Waals surface area contributed by atoms with Crippen LogP contribution in [0.15, 0.2) is 4.99 Å². The van der Waals surface area contributed by atoms with Crippen LogP contribution in [0.25, 0.3) is 0 Å². The molecule has 0 spiro atoms. The molecule has 0 saturated heterocycles. The molecule has 0 aromatic heterocycles. The van der Waals surface area contributed by atoms with E-state index in [1.165, 1.54) is 0 Å². The van der Waals surface area contributed by atoms with Gasteiger partial charge in [-0.2, -0.15) is 0 Å². The zero-order valence-electron chi connectivity index (χ0n) is 4.22. The Balaban J connectivity index is 3.26. The highest BCUT2D eigenvalue weighted by Crippen LogP contribution is 1.69. The normalized spacial score (nSPS) is 9.86. The lowest BCUT2D eigenvalue weighted by atomic mass is 10.5. The average Bonchev–Trinajstić information content (AvgIpc) is 1.61. The highest BCUT2D eigenvalue weighted by Gasteiger charge is 1.71. The topological polar surface area (TPSA) is 38.4 Å². The molecule has 7 heavy (non-hydrogen) atoms. The molecule has 40 valence electrons. The zero-order chi connectivity index (χ0) is 5.70.